The van der Waals surface area contributed by atoms with Gasteiger partial charge in [0.25, 0.3) is 0 Å². The van der Waals surface area contributed by atoms with Gasteiger partial charge in [-0.05, 0) is 38.0 Å². The van der Waals surface area contributed by atoms with E-state index < -0.39 is 0 Å². The van der Waals surface area contributed by atoms with Crippen molar-refractivity contribution < 1.29 is 4.42 Å². The van der Waals surface area contributed by atoms with Crippen LogP contribution in [0.2, 0.25) is 5.02 Å². The highest BCUT2D eigenvalue weighted by atomic mass is 35.5. The van der Waals surface area contributed by atoms with Gasteiger partial charge in [0.2, 0.25) is 0 Å². The number of halogens is 1. The first-order valence-electron chi connectivity index (χ1n) is 6.90. The van der Waals surface area contributed by atoms with Crippen LogP contribution in [0.3, 0.4) is 0 Å². The van der Waals surface area contributed by atoms with E-state index >= 15 is 0 Å². The molecule has 0 amide bonds. The number of para-hydroxylation sites is 1. The lowest BCUT2D eigenvalue weighted by molar-refractivity contribution is 0.493. The van der Waals surface area contributed by atoms with Crippen LogP contribution < -0.4 is 5.73 Å². The topological polar surface area (TPSA) is 57.0 Å². The minimum absolute atomic E-state index is 0.213. The Hall–Kier alpha value is -1.78. The number of fused-ring (bicyclic) bond motifs is 1. The molecule has 3 rings (SSSR count). The smallest absolute Gasteiger partial charge is 0.152 e. The van der Waals surface area contributed by atoms with Crippen LogP contribution in [0.25, 0.3) is 11.0 Å². The average Bonchev–Trinajstić information content (AvgIpc) is 2.97. The lowest BCUT2D eigenvalue weighted by atomic mass is 10.0. The van der Waals surface area contributed by atoms with Crippen LogP contribution in [0.4, 0.5) is 0 Å². The summed E-state index contributed by atoms with van der Waals surface area (Å²) in [6.45, 7) is 4.06. The Balaban J connectivity index is 1.93. The van der Waals surface area contributed by atoms with Gasteiger partial charge in [-0.1, -0.05) is 23.7 Å². The lowest BCUT2D eigenvalue weighted by Gasteiger charge is -2.09. The minimum Gasteiger partial charge on any atom is -0.458 e. The van der Waals surface area contributed by atoms with E-state index in [0.29, 0.717) is 17.0 Å². The third-order valence-electron chi connectivity index (χ3n) is 3.96. The molecule has 2 N–H and O–H groups in total. The minimum atomic E-state index is -0.213. The molecule has 1 unspecified atom stereocenters. The predicted molar refractivity (Wildman–Crippen MR) is 84.5 cm³/mol. The molecular weight excluding hydrogens is 286 g/mol. The highest BCUT2D eigenvalue weighted by molar-refractivity contribution is 6.34. The molecule has 0 saturated carbocycles. The zero-order chi connectivity index (χ0) is 15.1. The van der Waals surface area contributed by atoms with Crippen molar-refractivity contribution >= 4 is 22.6 Å². The first kappa shape index (κ1) is 14.2. The van der Waals surface area contributed by atoms with Crippen molar-refractivity contribution in [3.8, 4) is 0 Å². The molecule has 4 nitrogen and oxygen atoms in total. The average molecular weight is 304 g/mol. The molecule has 5 heteroatoms. The number of furan rings is 1. The second kappa shape index (κ2) is 5.20. The van der Waals surface area contributed by atoms with Crippen LogP contribution in [-0.4, -0.2) is 9.78 Å². The maximum atomic E-state index is 6.31. The summed E-state index contributed by atoms with van der Waals surface area (Å²) in [6.07, 6.45) is 0.697. The van der Waals surface area contributed by atoms with Crippen molar-refractivity contribution in [3.05, 3.63) is 52.0 Å². The number of nitrogens with zero attached hydrogens (tertiary/aromatic N) is 2. The SMILES string of the molecule is Cc1nn(C)c(C)c1CC(N)c1cc2cccc(Cl)c2o1. The van der Waals surface area contributed by atoms with Crippen molar-refractivity contribution in [1.82, 2.24) is 9.78 Å². The molecule has 0 fully saturated rings. The van der Waals surface area contributed by atoms with Crippen LogP contribution in [0.5, 0.6) is 0 Å². The molecule has 0 radical (unpaired) electrons. The van der Waals surface area contributed by atoms with Gasteiger partial charge < -0.3 is 10.2 Å². The fourth-order valence-electron chi connectivity index (χ4n) is 2.66. The molecule has 21 heavy (non-hydrogen) atoms. The first-order chi connectivity index (χ1) is 9.97. The standard InChI is InChI=1S/C16H18ClN3O/c1-9-12(10(2)20(3)19-9)8-14(18)15-7-11-5-4-6-13(17)16(11)21-15/h4-7,14H,8,18H2,1-3H3. The molecule has 110 valence electrons. The van der Waals surface area contributed by atoms with Crippen molar-refractivity contribution in [2.75, 3.05) is 0 Å². The van der Waals surface area contributed by atoms with E-state index in [1.165, 1.54) is 5.56 Å². The van der Waals surface area contributed by atoms with Crippen molar-refractivity contribution in [2.45, 2.75) is 26.3 Å². The van der Waals surface area contributed by atoms with Gasteiger partial charge in [-0.2, -0.15) is 5.10 Å². The van der Waals surface area contributed by atoms with E-state index in [1.807, 2.05) is 42.9 Å². The Kier molecular flexibility index (Phi) is 3.51. The van der Waals surface area contributed by atoms with Gasteiger partial charge in [0.05, 0.1) is 16.8 Å². The quantitative estimate of drug-likeness (QED) is 0.803. The Morgan fingerprint density at radius 3 is 2.76 bits per heavy atom. The summed E-state index contributed by atoms with van der Waals surface area (Å²) in [4.78, 5) is 0. The first-order valence-corrected chi connectivity index (χ1v) is 7.27. The van der Waals surface area contributed by atoms with Crippen LogP contribution in [0, 0.1) is 13.8 Å². The number of nitrogens with two attached hydrogens (primary N) is 1. The van der Waals surface area contributed by atoms with E-state index in [1.54, 1.807) is 0 Å². The fourth-order valence-corrected chi connectivity index (χ4v) is 2.88. The molecule has 0 aliphatic heterocycles. The summed E-state index contributed by atoms with van der Waals surface area (Å²) in [5, 5.41) is 6.01. The second-order valence-electron chi connectivity index (χ2n) is 5.39. The molecule has 0 aliphatic carbocycles. The number of aryl methyl sites for hydroxylation is 2. The van der Waals surface area contributed by atoms with Gasteiger partial charge in [0.15, 0.2) is 5.58 Å². The van der Waals surface area contributed by atoms with E-state index in [2.05, 4.69) is 12.0 Å². The van der Waals surface area contributed by atoms with Crippen LogP contribution in [0.1, 0.15) is 28.8 Å². The number of rotatable bonds is 3. The van der Waals surface area contributed by atoms with Gasteiger partial charge in [-0.25, -0.2) is 0 Å². The zero-order valence-electron chi connectivity index (χ0n) is 12.4. The van der Waals surface area contributed by atoms with E-state index in [9.17, 15) is 0 Å². The molecule has 0 saturated heterocycles. The summed E-state index contributed by atoms with van der Waals surface area (Å²) in [7, 11) is 1.94. The molecule has 1 aromatic carbocycles. The third kappa shape index (κ3) is 2.45. The summed E-state index contributed by atoms with van der Waals surface area (Å²) >= 11 is 6.14. The molecule has 2 heterocycles. The summed E-state index contributed by atoms with van der Waals surface area (Å²) in [5.74, 6) is 0.751. The molecule has 2 aromatic heterocycles. The van der Waals surface area contributed by atoms with Crippen molar-refractivity contribution in [2.24, 2.45) is 12.8 Å². The van der Waals surface area contributed by atoms with Gasteiger partial charge in [0, 0.05) is 18.1 Å². The van der Waals surface area contributed by atoms with Gasteiger partial charge in [0.1, 0.15) is 5.76 Å². The monoisotopic (exact) mass is 303 g/mol. The number of aromatic nitrogens is 2. The molecule has 0 bridgehead atoms. The maximum absolute atomic E-state index is 6.31. The number of hydrogen-bond acceptors (Lipinski definition) is 3. The molecule has 0 spiro atoms. The Morgan fingerprint density at radius 1 is 1.38 bits per heavy atom. The predicted octanol–water partition coefficient (Wildman–Crippen LogP) is 3.68. The van der Waals surface area contributed by atoms with Crippen LogP contribution in [0.15, 0.2) is 28.7 Å². The normalized spacial score (nSPS) is 13.0. The summed E-state index contributed by atoms with van der Waals surface area (Å²) < 4.78 is 7.72. The fraction of sp³-hybridized carbons (Fsp3) is 0.312. The van der Waals surface area contributed by atoms with Crippen LogP contribution in [-0.2, 0) is 13.5 Å². The zero-order valence-corrected chi connectivity index (χ0v) is 13.1. The Morgan fingerprint density at radius 2 is 2.14 bits per heavy atom. The molecular formula is C16H18ClN3O. The molecule has 1 atom stereocenters. The lowest BCUT2D eigenvalue weighted by Crippen LogP contribution is -2.13. The van der Waals surface area contributed by atoms with Crippen LogP contribution >= 0.6 is 11.6 Å². The largest absolute Gasteiger partial charge is 0.458 e. The third-order valence-corrected chi connectivity index (χ3v) is 4.26. The molecule has 0 aliphatic rings. The Bertz CT molecular complexity index is 803. The van der Waals surface area contributed by atoms with E-state index in [-0.39, 0.29) is 6.04 Å². The second-order valence-corrected chi connectivity index (χ2v) is 5.80. The van der Waals surface area contributed by atoms with Gasteiger partial charge in [-0.3, -0.25) is 4.68 Å². The van der Waals surface area contributed by atoms with E-state index in [0.717, 1.165) is 22.5 Å². The summed E-state index contributed by atoms with van der Waals surface area (Å²) in [5.41, 5.74) is 10.3. The van der Waals surface area contributed by atoms with Gasteiger partial charge >= 0.3 is 0 Å². The maximum Gasteiger partial charge on any atom is 0.152 e. The van der Waals surface area contributed by atoms with Crippen molar-refractivity contribution in [3.63, 3.8) is 0 Å². The number of benzene rings is 1. The Labute approximate surface area is 128 Å². The van der Waals surface area contributed by atoms with Gasteiger partial charge in [-0.15, -0.1) is 0 Å². The highest BCUT2D eigenvalue weighted by Gasteiger charge is 2.18. The van der Waals surface area contributed by atoms with E-state index in [4.69, 9.17) is 21.8 Å². The van der Waals surface area contributed by atoms with Crippen molar-refractivity contribution in [1.29, 1.82) is 0 Å². The summed E-state index contributed by atoms with van der Waals surface area (Å²) in [6, 6.07) is 7.45. The highest BCUT2D eigenvalue weighted by Crippen LogP contribution is 2.30. The number of hydrogen-bond donors (Lipinski definition) is 1. The molecule has 3 aromatic rings.